The summed E-state index contributed by atoms with van der Waals surface area (Å²) >= 11 is 0. The fourth-order valence-electron chi connectivity index (χ4n) is 7.57. The maximum absolute atomic E-state index is 16.5. The Morgan fingerprint density at radius 1 is 1.16 bits per heavy atom. The first-order valence-electron chi connectivity index (χ1n) is 14.5. The van der Waals surface area contributed by atoms with Crippen molar-refractivity contribution in [2.75, 3.05) is 31.7 Å². The van der Waals surface area contributed by atoms with Crippen LogP contribution in [-0.2, 0) is 0 Å². The van der Waals surface area contributed by atoms with Crippen LogP contribution < -0.4 is 20.1 Å². The molecule has 3 aromatic carbocycles. The van der Waals surface area contributed by atoms with E-state index in [0.717, 1.165) is 25.1 Å². The van der Waals surface area contributed by atoms with Gasteiger partial charge in [-0.1, -0.05) is 12.0 Å². The Morgan fingerprint density at radius 2 is 2.05 bits per heavy atom. The first-order chi connectivity index (χ1) is 20.9. The van der Waals surface area contributed by atoms with Gasteiger partial charge in [-0.2, -0.15) is 4.39 Å². The van der Waals surface area contributed by atoms with Gasteiger partial charge in [0.1, 0.15) is 36.2 Å². The molecule has 2 fully saturated rings. The van der Waals surface area contributed by atoms with Crippen molar-refractivity contribution < 1.29 is 27.8 Å². The average molecular weight is 587 g/mol. The van der Waals surface area contributed by atoms with Crippen molar-refractivity contribution in [1.82, 2.24) is 14.8 Å². The van der Waals surface area contributed by atoms with Crippen LogP contribution in [0, 0.1) is 18.2 Å². The number of nitrogens with one attached hydrogen (secondary N) is 2. The minimum atomic E-state index is -1.95. The van der Waals surface area contributed by atoms with Crippen molar-refractivity contribution in [2.45, 2.75) is 43.5 Å². The number of fused-ring (bicyclic) bond motifs is 4. The third kappa shape index (κ3) is 3.91. The third-order valence-corrected chi connectivity index (χ3v) is 9.42. The van der Waals surface area contributed by atoms with Gasteiger partial charge in [0.25, 0.3) is 6.36 Å². The Morgan fingerprint density at radius 3 is 2.91 bits per heavy atom. The van der Waals surface area contributed by atoms with Gasteiger partial charge in [-0.15, -0.1) is 6.42 Å². The number of nitrogens with zero attached hydrogens (tertiary/aromatic N) is 2. The normalized spacial score (nSPS) is 25.7. The van der Waals surface area contributed by atoms with Crippen molar-refractivity contribution >= 4 is 16.5 Å². The molecule has 1 aromatic heterocycles. The number of phenolic OH excluding ortho intramolecular Hbond substituents is 1. The summed E-state index contributed by atoms with van der Waals surface area (Å²) < 4.78 is 60.0. The molecule has 0 radical (unpaired) electrons. The number of terminal acetylenes is 1. The van der Waals surface area contributed by atoms with Gasteiger partial charge < -0.3 is 24.5 Å². The Bertz CT molecular complexity index is 1830. The quantitative estimate of drug-likeness (QED) is 0.256. The topological polar surface area (TPSA) is 70.9 Å². The lowest BCUT2D eigenvalue weighted by atomic mass is 9.94. The molecule has 1 unspecified atom stereocenters. The highest BCUT2D eigenvalue weighted by molar-refractivity contribution is 6.02. The number of halogens is 3. The molecule has 4 atom stereocenters. The molecule has 0 amide bonds. The van der Waals surface area contributed by atoms with Crippen molar-refractivity contribution in [2.24, 2.45) is 0 Å². The van der Waals surface area contributed by atoms with Gasteiger partial charge in [-0.3, -0.25) is 10.2 Å². The second kappa shape index (κ2) is 9.59. The van der Waals surface area contributed by atoms with E-state index in [1.165, 1.54) is 24.3 Å². The number of aromatic hydroxyl groups is 1. The van der Waals surface area contributed by atoms with E-state index < -0.39 is 24.5 Å². The molecule has 7 nitrogen and oxygen atoms in total. The number of alkyl halides is 2. The van der Waals surface area contributed by atoms with Crippen molar-refractivity contribution in [1.29, 1.82) is 0 Å². The van der Waals surface area contributed by atoms with Gasteiger partial charge in [-0.05, 0) is 66.7 Å². The highest BCUT2D eigenvalue weighted by Crippen LogP contribution is 2.51. The lowest BCUT2D eigenvalue weighted by molar-refractivity contribution is 0.0560. The highest BCUT2D eigenvalue weighted by Gasteiger charge is 2.49. The summed E-state index contributed by atoms with van der Waals surface area (Å²) in [7, 11) is 0. The second-order valence-corrected chi connectivity index (χ2v) is 11.8. The highest BCUT2D eigenvalue weighted by atomic mass is 19.1. The van der Waals surface area contributed by atoms with Gasteiger partial charge in [0.05, 0.1) is 23.3 Å². The zero-order valence-electron chi connectivity index (χ0n) is 23.2. The predicted molar refractivity (Wildman–Crippen MR) is 156 cm³/mol. The van der Waals surface area contributed by atoms with Gasteiger partial charge in [0.2, 0.25) is 0 Å². The van der Waals surface area contributed by atoms with E-state index in [9.17, 15) is 13.9 Å². The molecule has 0 bridgehead atoms. The summed E-state index contributed by atoms with van der Waals surface area (Å²) in [4.78, 5) is 2.17. The first-order valence-corrected chi connectivity index (χ1v) is 14.5. The lowest BCUT2D eigenvalue weighted by Crippen LogP contribution is -2.43. The second-order valence-electron chi connectivity index (χ2n) is 11.8. The Balaban J connectivity index is 1.24. The van der Waals surface area contributed by atoms with Gasteiger partial charge in [0.15, 0.2) is 11.5 Å². The molecule has 4 aromatic rings. The van der Waals surface area contributed by atoms with Crippen LogP contribution in [0.25, 0.3) is 21.9 Å². The molecule has 43 heavy (non-hydrogen) atoms. The number of hydrogen-bond donors (Lipinski definition) is 3. The molecule has 5 heterocycles. The number of rotatable bonds is 4. The maximum atomic E-state index is 16.5. The molecule has 8 rings (SSSR count). The predicted octanol–water partition coefficient (Wildman–Crippen LogP) is 5.97. The molecule has 220 valence electrons. The molecular formula is C33H29F3N4O3. The third-order valence-electron chi connectivity index (χ3n) is 9.42. The van der Waals surface area contributed by atoms with Crippen LogP contribution in [0.3, 0.4) is 0 Å². The van der Waals surface area contributed by atoms with Crippen LogP contribution in [0.2, 0.25) is 0 Å². The van der Waals surface area contributed by atoms with Crippen molar-refractivity contribution in [3.63, 3.8) is 0 Å². The van der Waals surface area contributed by atoms with Crippen molar-refractivity contribution in [3.8, 4) is 40.7 Å². The molecule has 0 saturated carbocycles. The summed E-state index contributed by atoms with van der Waals surface area (Å²) in [6, 6.07) is 11.1. The van der Waals surface area contributed by atoms with Crippen LogP contribution in [0.4, 0.5) is 18.9 Å². The molecule has 2 saturated heterocycles. The smallest absolute Gasteiger partial charge is 0.279 e. The van der Waals surface area contributed by atoms with Crippen LogP contribution >= 0.6 is 0 Å². The summed E-state index contributed by atoms with van der Waals surface area (Å²) in [6.07, 6.45) is 6.35. The molecule has 4 aliphatic heterocycles. The minimum Gasteiger partial charge on any atom is -0.508 e. The standard InChI is InChI=1S/C33H29F3N4O3/c1-2-21-24(35)5-4-18-12-20(41)13-23(27(18)21)22-8-11-40-29(22)31(36)43-30-26(7-6-25-28(30)32(40)38-17-37-25)42-16-33-9-3-10-39(33)15-19(34)14-33/h1,4-8,11-13,19,31-32,37-38,41H,3,9-10,14-17H2/t19-,31+,32?,33+/m1/s1. The fourth-order valence-corrected chi connectivity index (χ4v) is 7.57. The molecular weight excluding hydrogens is 557 g/mol. The van der Waals surface area contributed by atoms with Crippen molar-refractivity contribution in [3.05, 3.63) is 71.3 Å². The molecule has 0 aliphatic carbocycles. The van der Waals surface area contributed by atoms with E-state index in [-0.39, 0.29) is 34.9 Å². The average Bonchev–Trinajstić information content (AvgIpc) is 3.66. The fraction of sp³-hybridized carbons (Fsp3) is 0.333. The van der Waals surface area contributed by atoms with Crippen LogP contribution in [0.5, 0.6) is 17.2 Å². The van der Waals surface area contributed by atoms with E-state index in [1.54, 1.807) is 22.9 Å². The van der Waals surface area contributed by atoms with Crippen LogP contribution in [0.15, 0.2) is 48.7 Å². The number of anilines is 1. The monoisotopic (exact) mass is 586 g/mol. The van der Waals surface area contributed by atoms with E-state index in [4.69, 9.17) is 15.9 Å². The number of phenols is 1. The van der Waals surface area contributed by atoms with E-state index in [1.807, 2.05) is 6.07 Å². The van der Waals surface area contributed by atoms with E-state index in [0.29, 0.717) is 52.8 Å². The minimum absolute atomic E-state index is 0.0291. The largest absolute Gasteiger partial charge is 0.508 e. The SMILES string of the molecule is C#Cc1c(F)ccc2cc(O)cc(-c3ccn4c3[C@@H](F)Oc3c(OC[C@@]56CCCN5C[C@H](F)C6)ccc5c3C4NCN5)c12. The molecule has 3 N–H and O–H groups in total. The first kappa shape index (κ1) is 26.3. The molecule has 4 aliphatic rings. The summed E-state index contributed by atoms with van der Waals surface area (Å²) in [5.41, 5.74) is 2.08. The number of benzene rings is 3. The van der Waals surface area contributed by atoms with E-state index >= 15 is 4.39 Å². The summed E-state index contributed by atoms with van der Waals surface area (Å²) in [5.74, 6) is 2.42. The number of aromatic nitrogens is 1. The van der Waals surface area contributed by atoms with Gasteiger partial charge in [-0.25, -0.2) is 8.78 Å². The Labute approximate surface area is 246 Å². The Hall–Kier alpha value is -4.33. The Kier molecular flexibility index (Phi) is 5.87. The molecule has 10 heteroatoms. The summed E-state index contributed by atoms with van der Waals surface area (Å²) in [6.45, 7) is 1.94. The maximum Gasteiger partial charge on any atom is 0.279 e. The number of hydrogen-bond acceptors (Lipinski definition) is 6. The van der Waals surface area contributed by atoms with E-state index in [2.05, 4.69) is 21.5 Å². The zero-order chi connectivity index (χ0) is 29.5. The van der Waals surface area contributed by atoms with Gasteiger partial charge in [0, 0.05) is 35.8 Å². The van der Waals surface area contributed by atoms with Crippen LogP contribution in [0.1, 0.15) is 48.6 Å². The lowest BCUT2D eigenvalue weighted by Gasteiger charge is -2.33. The zero-order valence-corrected chi connectivity index (χ0v) is 23.2. The van der Waals surface area contributed by atoms with Crippen LogP contribution in [-0.4, -0.2) is 52.6 Å². The summed E-state index contributed by atoms with van der Waals surface area (Å²) in [5, 5.41) is 18.2. The number of ether oxygens (including phenoxy) is 2. The van der Waals surface area contributed by atoms with Gasteiger partial charge >= 0.3 is 0 Å². The molecule has 0 spiro atoms.